The van der Waals surface area contributed by atoms with Crippen LogP contribution in [0.1, 0.15) is 27.8 Å². The lowest BCUT2D eigenvalue weighted by Crippen LogP contribution is -2.29. The Morgan fingerprint density at radius 1 is 1.23 bits per heavy atom. The molecular weight excluding hydrogens is 360 g/mol. The number of nitrogens with two attached hydrogens (primary N) is 1. The maximum Gasteiger partial charge on any atom is 0.308 e. The van der Waals surface area contributed by atoms with Gasteiger partial charge < -0.3 is 14.4 Å². The molecule has 8 nitrogen and oxygen atoms in total. The Labute approximate surface area is 150 Å². The van der Waals surface area contributed by atoms with Gasteiger partial charge in [-0.15, -0.1) is 0 Å². The summed E-state index contributed by atoms with van der Waals surface area (Å²) in [7, 11) is -4.01. The van der Waals surface area contributed by atoms with E-state index in [1.165, 1.54) is 11.8 Å². The molecule has 0 spiro atoms. The van der Waals surface area contributed by atoms with Crippen LogP contribution in [0.3, 0.4) is 0 Å². The van der Waals surface area contributed by atoms with Crippen LogP contribution in [-0.2, 0) is 14.8 Å². The molecular formula is C17H18N2O6S. The maximum absolute atomic E-state index is 12.7. The van der Waals surface area contributed by atoms with Gasteiger partial charge >= 0.3 is 5.97 Å². The van der Waals surface area contributed by atoms with E-state index in [1.54, 1.807) is 0 Å². The van der Waals surface area contributed by atoms with Crippen molar-refractivity contribution < 1.29 is 27.5 Å². The van der Waals surface area contributed by atoms with E-state index < -0.39 is 27.8 Å². The Balaban J connectivity index is 1.88. The summed E-state index contributed by atoms with van der Waals surface area (Å²) < 4.78 is 28.3. The van der Waals surface area contributed by atoms with Gasteiger partial charge in [0.25, 0.3) is 5.91 Å². The van der Waals surface area contributed by atoms with Gasteiger partial charge in [-0.1, -0.05) is 30.3 Å². The third-order valence-electron chi connectivity index (χ3n) is 4.54. The first-order valence-electron chi connectivity index (χ1n) is 7.88. The molecule has 1 aromatic heterocycles. The highest BCUT2D eigenvalue weighted by atomic mass is 32.2. The number of benzene rings is 1. The van der Waals surface area contributed by atoms with Gasteiger partial charge in [-0.3, -0.25) is 9.59 Å². The lowest BCUT2D eigenvalue weighted by molar-refractivity contribution is -0.141. The molecule has 1 aromatic carbocycles. The monoisotopic (exact) mass is 378 g/mol. The number of hydrogen-bond acceptors (Lipinski definition) is 5. The molecule has 1 aliphatic heterocycles. The number of carbonyl (C=O) groups is 2. The van der Waals surface area contributed by atoms with Gasteiger partial charge in [0, 0.05) is 25.1 Å². The summed E-state index contributed by atoms with van der Waals surface area (Å²) in [6.45, 7) is 1.61. The van der Waals surface area contributed by atoms with Crippen LogP contribution >= 0.6 is 0 Å². The van der Waals surface area contributed by atoms with Crippen molar-refractivity contribution >= 4 is 21.9 Å². The number of amides is 1. The third-order valence-corrected chi connectivity index (χ3v) is 5.56. The van der Waals surface area contributed by atoms with Crippen molar-refractivity contribution in [1.29, 1.82) is 0 Å². The molecule has 26 heavy (non-hydrogen) atoms. The highest BCUT2D eigenvalue weighted by Gasteiger charge is 2.41. The van der Waals surface area contributed by atoms with Crippen LogP contribution in [0.4, 0.5) is 0 Å². The van der Waals surface area contributed by atoms with Crippen molar-refractivity contribution in [3.63, 3.8) is 0 Å². The van der Waals surface area contributed by atoms with E-state index in [2.05, 4.69) is 0 Å². The number of rotatable bonds is 4. The number of nitrogens with zero attached hydrogens (tertiary/aromatic N) is 1. The third kappa shape index (κ3) is 3.35. The molecule has 0 aliphatic carbocycles. The minimum Gasteiger partial charge on any atom is -0.481 e. The predicted molar refractivity (Wildman–Crippen MR) is 91.0 cm³/mol. The first-order valence-corrected chi connectivity index (χ1v) is 9.43. The van der Waals surface area contributed by atoms with Crippen molar-refractivity contribution in [1.82, 2.24) is 4.90 Å². The highest BCUT2D eigenvalue weighted by Crippen LogP contribution is 2.34. The van der Waals surface area contributed by atoms with Gasteiger partial charge in [0.15, 0.2) is 5.76 Å². The minimum atomic E-state index is -4.01. The molecule has 3 rings (SSSR count). The van der Waals surface area contributed by atoms with E-state index in [0.29, 0.717) is 0 Å². The summed E-state index contributed by atoms with van der Waals surface area (Å²) in [5, 5.41) is 14.6. The van der Waals surface area contributed by atoms with Crippen molar-refractivity contribution in [2.75, 3.05) is 13.1 Å². The van der Waals surface area contributed by atoms with Gasteiger partial charge in [0.1, 0.15) is 10.7 Å². The zero-order chi connectivity index (χ0) is 19.1. The fraction of sp³-hybridized carbons (Fsp3) is 0.294. The Morgan fingerprint density at radius 3 is 2.42 bits per heavy atom. The zero-order valence-electron chi connectivity index (χ0n) is 14.0. The molecule has 2 heterocycles. The summed E-state index contributed by atoms with van der Waals surface area (Å²) in [5.41, 5.74) is 0.830. The van der Waals surface area contributed by atoms with Gasteiger partial charge in [-0.25, -0.2) is 13.6 Å². The molecule has 0 saturated carbocycles. The lowest BCUT2D eigenvalue weighted by Gasteiger charge is -2.15. The largest absolute Gasteiger partial charge is 0.481 e. The molecule has 3 N–H and O–H groups in total. The predicted octanol–water partition coefficient (Wildman–Crippen LogP) is 1.18. The van der Waals surface area contributed by atoms with E-state index in [1.807, 2.05) is 30.3 Å². The Kier molecular flexibility index (Phi) is 4.59. The van der Waals surface area contributed by atoms with Crippen molar-refractivity contribution in [3.05, 3.63) is 53.5 Å². The van der Waals surface area contributed by atoms with Gasteiger partial charge in [0.2, 0.25) is 10.0 Å². The van der Waals surface area contributed by atoms with Crippen LogP contribution in [0.2, 0.25) is 0 Å². The number of primary sulfonamides is 1. The molecule has 0 bridgehead atoms. The summed E-state index contributed by atoms with van der Waals surface area (Å²) in [6.07, 6.45) is 0. The highest BCUT2D eigenvalue weighted by molar-refractivity contribution is 7.89. The van der Waals surface area contributed by atoms with Gasteiger partial charge in [-0.05, 0) is 12.5 Å². The molecule has 1 aliphatic rings. The van der Waals surface area contributed by atoms with E-state index in [9.17, 15) is 23.1 Å². The van der Waals surface area contributed by atoms with Crippen molar-refractivity contribution in [3.8, 4) is 0 Å². The molecule has 9 heteroatoms. The van der Waals surface area contributed by atoms with E-state index in [0.717, 1.165) is 11.6 Å². The second-order valence-corrected chi connectivity index (χ2v) is 7.78. The van der Waals surface area contributed by atoms with Crippen LogP contribution in [0.25, 0.3) is 0 Å². The van der Waals surface area contributed by atoms with E-state index in [-0.39, 0.29) is 35.4 Å². The Morgan fingerprint density at radius 2 is 1.88 bits per heavy atom. The number of aryl methyl sites for hydroxylation is 1. The number of carboxylic acids is 1. The standard InChI is InChI=1S/C17H18N2O6S/c1-10-15(26(18,23)24)7-14(25-10)16(20)19-8-12(13(9-19)17(21)22)11-5-3-2-4-6-11/h2-7,12-13H,8-9H2,1H3,(H,21,22)(H2,18,23,24). The molecule has 1 fully saturated rings. The average Bonchev–Trinajstić information content (AvgIpc) is 3.18. The average molecular weight is 378 g/mol. The summed E-state index contributed by atoms with van der Waals surface area (Å²) >= 11 is 0. The maximum atomic E-state index is 12.7. The molecule has 0 radical (unpaired) electrons. The number of furan rings is 1. The van der Waals surface area contributed by atoms with Crippen molar-refractivity contribution in [2.24, 2.45) is 11.1 Å². The van der Waals surface area contributed by atoms with Gasteiger partial charge in [-0.2, -0.15) is 0 Å². The SMILES string of the molecule is Cc1oc(C(=O)N2CC(C(=O)O)C(c3ccccc3)C2)cc1S(N)(=O)=O. The Hall–Kier alpha value is -2.65. The topological polar surface area (TPSA) is 131 Å². The number of aliphatic carboxylic acids is 1. The number of carbonyl (C=O) groups excluding carboxylic acids is 1. The number of sulfonamides is 1. The van der Waals surface area contributed by atoms with E-state index >= 15 is 0 Å². The molecule has 2 unspecified atom stereocenters. The lowest BCUT2D eigenvalue weighted by atomic mass is 9.89. The fourth-order valence-corrected chi connectivity index (χ4v) is 3.98. The van der Waals surface area contributed by atoms with Crippen LogP contribution in [-0.4, -0.2) is 43.4 Å². The summed E-state index contributed by atoms with van der Waals surface area (Å²) in [5.74, 6) is -2.82. The first-order chi connectivity index (χ1) is 12.2. The number of carboxylic acid groups (broad SMARTS) is 1. The van der Waals surface area contributed by atoms with Crippen molar-refractivity contribution in [2.45, 2.75) is 17.7 Å². The summed E-state index contributed by atoms with van der Waals surface area (Å²) in [4.78, 5) is 25.4. The van der Waals surface area contributed by atoms with Crippen LogP contribution < -0.4 is 5.14 Å². The minimum absolute atomic E-state index is 0.0121. The smallest absolute Gasteiger partial charge is 0.308 e. The molecule has 1 saturated heterocycles. The Bertz CT molecular complexity index is 951. The number of hydrogen-bond donors (Lipinski definition) is 2. The second-order valence-electron chi connectivity index (χ2n) is 6.25. The second kappa shape index (κ2) is 6.58. The van der Waals surface area contributed by atoms with Gasteiger partial charge in [0.05, 0.1) is 5.92 Å². The molecule has 2 atom stereocenters. The molecule has 138 valence electrons. The molecule has 1 amide bonds. The van der Waals surface area contributed by atoms with Crippen LogP contribution in [0, 0.1) is 12.8 Å². The quantitative estimate of drug-likeness (QED) is 0.821. The van der Waals surface area contributed by atoms with E-state index in [4.69, 9.17) is 9.56 Å². The first kappa shape index (κ1) is 18.2. The zero-order valence-corrected chi connectivity index (χ0v) is 14.8. The van der Waals surface area contributed by atoms with Crippen LogP contribution in [0.15, 0.2) is 45.7 Å². The summed E-state index contributed by atoms with van der Waals surface area (Å²) in [6, 6.07) is 10.2. The van der Waals surface area contributed by atoms with Crippen LogP contribution in [0.5, 0.6) is 0 Å². The number of likely N-dealkylation sites (tertiary alicyclic amines) is 1. The molecule has 2 aromatic rings. The normalized spacial score (nSPS) is 20.3. The fourth-order valence-electron chi connectivity index (χ4n) is 3.27.